The third-order valence-corrected chi connectivity index (χ3v) is 10.7. The van der Waals surface area contributed by atoms with Gasteiger partial charge < -0.3 is 14.2 Å². The lowest BCUT2D eigenvalue weighted by atomic mass is 10.1. The summed E-state index contributed by atoms with van der Waals surface area (Å²) in [7, 11) is 0. The average Bonchev–Trinajstić information content (AvgIpc) is 3.31. The van der Waals surface area contributed by atoms with Gasteiger partial charge in [0.2, 0.25) is 0 Å². The zero-order chi connectivity index (χ0) is 47.9. The van der Waals surface area contributed by atoms with Crippen LogP contribution in [0.3, 0.4) is 0 Å². The first kappa shape index (κ1) is 61.8. The minimum atomic E-state index is -0.812. The third-order valence-electron chi connectivity index (χ3n) is 10.7. The van der Waals surface area contributed by atoms with Crippen LogP contribution in [0.4, 0.5) is 0 Å². The monoisotopic (exact) mass is 913 g/mol. The van der Waals surface area contributed by atoms with Crippen molar-refractivity contribution < 1.29 is 28.6 Å². The first-order chi connectivity index (χ1) is 32.5. The molecule has 0 N–H and O–H groups in total. The van der Waals surface area contributed by atoms with Crippen molar-refractivity contribution in [3.63, 3.8) is 0 Å². The van der Waals surface area contributed by atoms with Crippen molar-refractivity contribution in [3.05, 3.63) is 122 Å². The van der Waals surface area contributed by atoms with Gasteiger partial charge in [0.05, 0.1) is 0 Å². The van der Waals surface area contributed by atoms with Gasteiger partial charge in [-0.15, -0.1) is 0 Å². The van der Waals surface area contributed by atoms with E-state index in [0.29, 0.717) is 25.7 Å². The molecule has 6 heteroatoms. The SMILES string of the molecule is CC/C=C\C/C=C\C/C=C\C/C=C\C/C=C\C/C=C\CCCCC(=O)OCC(COC(=O)CCCCCCC/C=C\C/C=C\CCC)OC(=O)CCCCCCC/C=C\C/C=C\CCCC. The molecule has 372 valence electrons. The van der Waals surface area contributed by atoms with E-state index in [9.17, 15) is 14.4 Å². The van der Waals surface area contributed by atoms with Gasteiger partial charge >= 0.3 is 17.9 Å². The molecule has 0 heterocycles. The van der Waals surface area contributed by atoms with Crippen LogP contribution in [0.1, 0.15) is 220 Å². The molecular formula is C60H96O6. The summed E-state index contributed by atoms with van der Waals surface area (Å²) in [5.74, 6) is -0.988. The molecule has 0 fully saturated rings. The standard InChI is InChI=1S/C60H96O6/c1-4-7-10-13-16-19-22-25-27-28-29-30-31-32-33-36-38-41-44-47-50-53-59(62)65-56-57(55-64-58(61)52-49-46-43-40-37-34-24-21-18-15-12-9-6-3)66-60(63)54-51-48-45-42-39-35-26-23-20-17-14-11-8-5-2/h7,10,12,14-17,19,21,23-27,29-30,32-33,38,41,57H,4-6,8-9,11,13,18,20,22,28,31,34-37,39-40,42-56H2,1-3H3/b10-7-,15-12-,17-14-,19-16-,24-21-,26-23-,27-25-,30-29-,33-32-,41-38-. The molecule has 0 aliphatic rings. The fourth-order valence-electron chi connectivity index (χ4n) is 6.67. The molecule has 0 bridgehead atoms. The second-order valence-electron chi connectivity index (χ2n) is 17.0. The molecule has 6 nitrogen and oxygen atoms in total. The number of unbranched alkanes of at least 4 members (excludes halogenated alkanes) is 15. The van der Waals surface area contributed by atoms with E-state index in [2.05, 4.69) is 142 Å². The first-order valence-electron chi connectivity index (χ1n) is 26.5. The third kappa shape index (κ3) is 50.8. The largest absolute Gasteiger partial charge is 0.462 e. The van der Waals surface area contributed by atoms with Crippen molar-refractivity contribution >= 4 is 17.9 Å². The average molecular weight is 913 g/mol. The highest BCUT2D eigenvalue weighted by Gasteiger charge is 2.19. The van der Waals surface area contributed by atoms with Gasteiger partial charge in [-0.25, -0.2) is 0 Å². The molecule has 0 aliphatic carbocycles. The molecule has 0 saturated heterocycles. The first-order valence-corrected chi connectivity index (χ1v) is 26.5. The number of hydrogen-bond acceptors (Lipinski definition) is 6. The van der Waals surface area contributed by atoms with E-state index in [1.165, 1.54) is 25.7 Å². The molecular weight excluding hydrogens is 817 g/mol. The maximum absolute atomic E-state index is 12.8. The molecule has 0 amide bonds. The van der Waals surface area contributed by atoms with E-state index < -0.39 is 6.10 Å². The van der Waals surface area contributed by atoms with Crippen LogP contribution in [-0.2, 0) is 28.6 Å². The number of ether oxygens (including phenoxy) is 3. The van der Waals surface area contributed by atoms with Crippen LogP contribution in [0, 0.1) is 0 Å². The summed E-state index contributed by atoms with van der Waals surface area (Å²) in [5.41, 5.74) is 0. The summed E-state index contributed by atoms with van der Waals surface area (Å²) in [4.78, 5) is 38.0. The Kier molecular flexibility index (Phi) is 50.0. The van der Waals surface area contributed by atoms with E-state index in [-0.39, 0.29) is 31.1 Å². The Morgan fingerprint density at radius 2 is 0.621 bits per heavy atom. The van der Waals surface area contributed by atoms with Crippen LogP contribution in [0.5, 0.6) is 0 Å². The highest BCUT2D eigenvalue weighted by Crippen LogP contribution is 2.12. The normalized spacial score (nSPS) is 13.1. The number of allylic oxidation sites excluding steroid dienone is 20. The summed E-state index contributed by atoms with van der Waals surface area (Å²) < 4.78 is 16.7. The maximum atomic E-state index is 12.8. The van der Waals surface area contributed by atoms with E-state index in [1.807, 2.05) is 0 Å². The lowest BCUT2D eigenvalue weighted by Crippen LogP contribution is -2.30. The van der Waals surface area contributed by atoms with Crippen molar-refractivity contribution in [2.75, 3.05) is 13.2 Å². The summed E-state index contributed by atoms with van der Waals surface area (Å²) in [6.45, 7) is 6.34. The predicted octanol–water partition coefficient (Wildman–Crippen LogP) is 17.7. The molecule has 0 rings (SSSR count). The Morgan fingerprint density at radius 1 is 0.318 bits per heavy atom. The van der Waals surface area contributed by atoms with E-state index in [0.717, 1.165) is 148 Å². The maximum Gasteiger partial charge on any atom is 0.306 e. The van der Waals surface area contributed by atoms with Crippen LogP contribution in [0.2, 0.25) is 0 Å². The Morgan fingerprint density at radius 3 is 1.02 bits per heavy atom. The van der Waals surface area contributed by atoms with Gasteiger partial charge in [0, 0.05) is 19.3 Å². The molecule has 66 heavy (non-hydrogen) atoms. The molecule has 1 unspecified atom stereocenters. The number of rotatable bonds is 46. The van der Waals surface area contributed by atoms with Gasteiger partial charge in [-0.1, -0.05) is 200 Å². The van der Waals surface area contributed by atoms with Crippen molar-refractivity contribution in [2.24, 2.45) is 0 Å². The summed E-state index contributed by atoms with van der Waals surface area (Å²) in [6.07, 6.45) is 73.2. The Hall–Kier alpha value is -4.19. The number of carbonyl (C=O) groups is 3. The molecule has 0 saturated carbocycles. The lowest BCUT2D eigenvalue weighted by Gasteiger charge is -2.18. The molecule has 0 spiro atoms. The van der Waals surface area contributed by atoms with Crippen LogP contribution in [0.25, 0.3) is 0 Å². The fourth-order valence-corrected chi connectivity index (χ4v) is 6.67. The van der Waals surface area contributed by atoms with Gasteiger partial charge in [0.1, 0.15) is 13.2 Å². The quantitative estimate of drug-likeness (QED) is 0.0262. The number of esters is 3. The van der Waals surface area contributed by atoms with E-state index in [1.54, 1.807) is 0 Å². The van der Waals surface area contributed by atoms with Gasteiger partial charge in [-0.2, -0.15) is 0 Å². The molecule has 0 aromatic rings. The van der Waals surface area contributed by atoms with E-state index >= 15 is 0 Å². The van der Waals surface area contributed by atoms with Crippen LogP contribution < -0.4 is 0 Å². The summed E-state index contributed by atoms with van der Waals surface area (Å²) in [6, 6.07) is 0. The zero-order valence-corrected chi connectivity index (χ0v) is 42.4. The van der Waals surface area contributed by atoms with Gasteiger partial charge in [-0.3, -0.25) is 14.4 Å². The summed E-state index contributed by atoms with van der Waals surface area (Å²) in [5, 5.41) is 0. The van der Waals surface area contributed by atoms with Crippen molar-refractivity contribution in [1.29, 1.82) is 0 Å². The molecule has 0 aromatic carbocycles. The Balaban J connectivity index is 4.50. The van der Waals surface area contributed by atoms with Crippen LogP contribution in [-0.4, -0.2) is 37.2 Å². The second kappa shape index (κ2) is 53.4. The van der Waals surface area contributed by atoms with Crippen LogP contribution in [0.15, 0.2) is 122 Å². The molecule has 1 atom stereocenters. The van der Waals surface area contributed by atoms with Gasteiger partial charge in [0.25, 0.3) is 0 Å². The Bertz CT molecular complexity index is 1420. The van der Waals surface area contributed by atoms with Crippen molar-refractivity contribution in [1.82, 2.24) is 0 Å². The summed E-state index contributed by atoms with van der Waals surface area (Å²) >= 11 is 0. The van der Waals surface area contributed by atoms with Gasteiger partial charge in [0.15, 0.2) is 6.10 Å². The van der Waals surface area contributed by atoms with Crippen LogP contribution >= 0.6 is 0 Å². The fraction of sp³-hybridized carbons (Fsp3) is 0.617. The highest BCUT2D eigenvalue weighted by molar-refractivity contribution is 5.71. The van der Waals surface area contributed by atoms with Gasteiger partial charge in [-0.05, 0) is 122 Å². The smallest absolute Gasteiger partial charge is 0.306 e. The Labute approximate surface area is 405 Å². The number of carbonyl (C=O) groups excluding carboxylic acids is 3. The zero-order valence-electron chi connectivity index (χ0n) is 42.4. The van der Waals surface area contributed by atoms with Crippen molar-refractivity contribution in [2.45, 2.75) is 226 Å². The molecule has 0 aromatic heterocycles. The second-order valence-corrected chi connectivity index (χ2v) is 17.0. The van der Waals surface area contributed by atoms with Crippen molar-refractivity contribution in [3.8, 4) is 0 Å². The predicted molar refractivity (Wildman–Crippen MR) is 283 cm³/mol. The topological polar surface area (TPSA) is 78.9 Å². The minimum absolute atomic E-state index is 0.109. The van der Waals surface area contributed by atoms with E-state index in [4.69, 9.17) is 14.2 Å². The molecule has 0 aliphatic heterocycles. The molecule has 0 radical (unpaired) electrons. The lowest BCUT2D eigenvalue weighted by molar-refractivity contribution is -0.167. The highest BCUT2D eigenvalue weighted by atomic mass is 16.6. The minimum Gasteiger partial charge on any atom is -0.462 e. The number of hydrogen-bond donors (Lipinski definition) is 0.